The maximum atomic E-state index is 10.8. The first-order chi connectivity index (χ1) is 6.91. The number of fused-ring (bicyclic) bond motifs is 1. The van der Waals surface area contributed by atoms with Gasteiger partial charge in [0.1, 0.15) is 5.52 Å². The zero-order chi connectivity index (χ0) is 11.2. The summed E-state index contributed by atoms with van der Waals surface area (Å²) in [4.78, 5) is 9.48. The molecule has 4 N–H and O–H groups in total. The lowest BCUT2D eigenvalue weighted by Gasteiger charge is -2.02. The van der Waals surface area contributed by atoms with Gasteiger partial charge in [-0.2, -0.15) is 13.4 Å². The molecule has 0 saturated carbocycles. The summed E-state index contributed by atoms with van der Waals surface area (Å²) in [5.41, 5.74) is -0.590. The Morgan fingerprint density at radius 3 is 2.80 bits per heavy atom. The van der Waals surface area contributed by atoms with E-state index in [2.05, 4.69) is 15.0 Å². The van der Waals surface area contributed by atoms with Gasteiger partial charge in [-0.3, -0.25) is 9.96 Å². The van der Waals surface area contributed by atoms with Gasteiger partial charge in [-0.15, -0.1) is 4.73 Å². The van der Waals surface area contributed by atoms with Crippen LogP contribution in [0.25, 0.3) is 11.2 Å². The number of aromatic amines is 1. The van der Waals surface area contributed by atoms with Crippen molar-refractivity contribution in [3.05, 3.63) is 11.8 Å². The summed E-state index contributed by atoms with van der Waals surface area (Å²) in [5, 5.41) is 15.5. The van der Waals surface area contributed by atoms with Crippen molar-refractivity contribution in [1.82, 2.24) is 19.7 Å². The van der Waals surface area contributed by atoms with Gasteiger partial charge in [-0.05, 0) is 0 Å². The number of H-pyrrole nitrogens is 1. The van der Waals surface area contributed by atoms with Gasteiger partial charge in [0, 0.05) is 0 Å². The molecule has 2 heterocycles. The fourth-order valence-electron chi connectivity index (χ4n) is 1.05. The molecule has 2 aromatic heterocycles. The second-order valence-electron chi connectivity index (χ2n) is 2.63. The highest BCUT2D eigenvalue weighted by Gasteiger charge is 2.20. The zero-order valence-corrected chi connectivity index (χ0v) is 7.85. The Labute approximate surface area is 82.3 Å². The molecule has 0 atom stereocenters. The minimum atomic E-state index is -4.70. The van der Waals surface area contributed by atoms with E-state index in [0.29, 0.717) is 0 Å². The average molecular weight is 231 g/mol. The lowest BCUT2D eigenvalue weighted by atomic mass is 10.5. The molecular weight excluding hydrogens is 226 g/mol. The van der Waals surface area contributed by atoms with Crippen molar-refractivity contribution in [3.63, 3.8) is 0 Å². The van der Waals surface area contributed by atoms with E-state index in [9.17, 15) is 13.6 Å². The predicted octanol–water partition coefficient (Wildman–Crippen LogP) is -1.28. The van der Waals surface area contributed by atoms with Crippen LogP contribution in [-0.4, -0.2) is 37.9 Å². The van der Waals surface area contributed by atoms with Crippen LogP contribution >= 0.6 is 0 Å². The molecule has 15 heavy (non-hydrogen) atoms. The van der Waals surface area contributed by atoms with Crippen molar-refractivity contribution >= 4 is 21.3 Å². The number of hydrogen-bond acceptors (Lipinski definition) is 6. The van der Waals surface area contributed by atoms with Gasteiger partial charge < -0.3 is 10.2 Å². The smallest absolute Gasteiger partial charge is 0.332 e. The fraction of sp³-hybridized carbons (Fsp3) is 0. The van der Waals surface area contributed by atoms with E-state index in [0.717, 1.165) is 0 Å². The monoisotopic (exact) mass is 231 g/mol. The first kappa shape index (κ1) is 9.61. The number of hydrogen-bond donors (Lipinski definition) is 4. The number of imidazole rings is 1. The van der Waals surface area contributed by atoms with Crippen LogP contribution < -0.4 is 5.49 Å². The Morgan fingerprint density at radius 1 is 1.53 bits per heavy atom. The molecule has 0 aliphatic rings. The number of rotatable bonds is 1. The van der Waals surface area contributed by atoms with E-state index in [4.69, 9.17) is 9.96 Å². The van der Waals surface area contributed by atoms with Gasteiger partial charge in [-0.1, -0.05) is 0 Å². The topological polar surface area (TPSA) is 145 Å². The molecule has 9 nitrogen and oxygen atoms in total. The molecule has 0 radical (unpaired) electrons. The highest BCUT2D eigenvalue weighted by Crippen LogP contribution is 2.05. The van der Waals surface area contributed by atoms with Crippen LogP contribution in [0.15, 0.2) is 11.5 Å². The van der Waals surface area contributed by atoms with Gasteiger partial charge >= 0.3 is 10.1 Å². The molecule has 0 unspecified atom stereocenters. The van der Waals surface area contributed by atoms with Crippen molar-refractivity contribution in [3.8, 4) is 0 Å². The first-order valence-corrected chi connectivity index (χ1v) is 5.03. The molecule has 0 fully saturated rings. The quantitative estimate of drug-likeness (QED) is 0.273. The minimum Gasteiger partial charge on any atom is -0.424 e. The van der Waals surface area contributed by atoms with E-state index in [1.165, 1.54) is 6.33 Å². The van der Waals surface area contributed by atoms with Crippen LogP contribution in [0.3, 0.4) is 0 Å². The molecular formula is C5H5N5O4S. The van der Waals surface area contributed by atoms with Crippen molar-refractivity contribution in [1.29, 1.82) is 5.41 Å². The van der Waals surface area contributed by atoms with Crippen molar-refractivity contribution < 1.29 is 18.2 Å². The van der Waals surface area contributed by atoms with Crippen LogP contribution in [0, 0.1) is 5.41 Å². The van der Waals surface area contributed by atoms with Crippen molar-refractivity contribution in [2.45, 2.75) is 5.16 Å². The summed E-state index contributed by atoms with van der Waals surface area (Å²) >= 11 is 0. The van der Waals surface area contributed by atoms with Gasteiger partial charge in [0.15, 0.2) is 11.1 Å². The molecule has 0 aliphatic heterocycles. The summed E-state index contributed by atoms with van der Waals surface area (Å²) < 4.78 is 30.2. The largest absolute Gasteiger partial charge is 0.424 e. The van der Waals surface area contributed by atoms with Crippen molar-refractivity contribution in [2.75, 3.05) is 0 Å². The Balaban J connectivity index is 3.01. The maximum Gasteiger partial charge on any atom is 0.332 e. The summed E-state index contributed by atoms with van der Waals surface area (Å²) in [7, 11) is -4.70. The molecule has 2 rings (SSSR count). The van der Waals surface area contributed by atoms with Gasteiger partial charge in [0.25, 0.3) is 5.16 Å². The molecule has 2 aromatic rings. The third-order valence-corrected chi connectivity index (χ3v) is 2.41. The predicted molar refractivity (Wildman–Crippen MR) is 44.7 cm³/mol. The normalized spacial score (nSPS) is 12.1. The Kier molecular flexibility index (Phi) is 1.78. The fourth-order valence-corrected chi connectivity index (χ4v) is 1.56. The van der Waals surface area contributed by atoms with Crippen LogP contribution in [0.4, 0.5) is 0 Å². The molecule has 0 amide bonds. The third-order valence-electron chi connectivity index (χ3n) is 1.68. The molecule has 0 saturated heterocycles. The van der Waals surface area contributed by atoms with Crippen LogP contribution in [-0.2, 0) is 10.1 Å². The van der Waals surface area contributed by atoms with Gasteiger partial charge in [-0.25, -0.2) is 4.98 Å². The first-order valence-electron chi connectivity index (χ1n) is 3.58. The molecule has 0 aromatic carbocycles. The highest BCUT2D eigenvalue weighted by atomic mass is 32.2. The second-order valence-corrected chi connectivity index (χ2v) is 3.95. The standard InChI is InChI=1S/C5H5N5O4S/c6-3-2-4(8-1-7-2)9-5(10(3)11)15(12,13)14/h1,6,11H,(H,7,8)(H,12,13,14). The molecule has 0 aliphatic carbocycles. The van der Waals surface area contributed by atoms with E-state index in [1.807, 2.05) is 0 Å². The summed E-state index contributed by atoms with van der Waals surface area (Å²) in [6.45, 7) is 0. The molecule has 0 bridgehead atoms. The summed E-state index contributed by atoms with van der Waals surface area (Å²) in [5.74, 6) is 0. The van der Waals surface area contributed by atoms with Crippen LogP contribution in [0.1, 0.15) is 0 Å². The second kappa shape index (κ2) is 2.77. The van der Waals surface area contributed by atoms with Gasteiger partial charge in [0.05, 0.1) is 6.33 Å². The van der Waals surface area contributed by atoms with E-state index < -0.39 is 20.8 Å². The van der Waals surface area contributed by atoms with E-state index >= 15 is 0 Å². The minimum absolute atomic E-state index is 0.0458. The van der Waals surface area contributed by atoms with Crippen molar-refractivity contribution in [2.24, 2.45) is 0 Å². The summed E-state index contributed by atoms with van der Waals surface area (Å²) in [6.07, 6.45) is 1.18. The molecule has 10 heteroatoms. The van der Waals surface area contributed by atoms with Gasteiger partial charge in [0.2, 0.25) is 0 Å². The molecule has 0 spiro atoms. The average Bonchev–Trinajstić information content (AvgIpc) is 2.57. The SMILES string of the molecule is N=c1c2[nH]cnc2nc(S(=O)(=O)O)n1O. The third kappa shape index (κ3) is 1.35. The maximum absolute atomic E-state index is 10.8. The Morgan fingerprint density at radius 2 is 2.20 bits per heavy atom. The Bertz CT molecular complexity index is 683. The lowest BCUT2D eigenvalue weighted by Crippen LogP contribution is -2.25. The number of nitrogens with zero attached hydrogens (tertiary/aromatic N) is 3. The lowest BCUT2D eigenvalue weighted by molar-refractivity contribution is 0.137. The summed E-state index contributed by atoms with van der Waals surface area (Å²) in [6, 6.07) is 0. The highest BCUT2D eigenvalue weighted by molar-refractivity contribution is 7.85. The number of aromatic nitrogens is 4. The molecule has 80 valence electrons. The number of nitrogens with one attached hydrogen (secondary N) is 2. The van der Waals surface area contributed by atoms with Crippen LogP contribution in [0.2, 0.25) is 0 Å². The van der Waals surface area contributed by atoms with E-state index in [1.54, 1.807) is 0 Å². The Hall–Kier alpha value is -1.94. The van der Waals surface area contributed by atoms with Crippen LogP contribution in [0.5, 0.6) is 0 Å². The zero-order valence-electron chi connectivity index (χ0n) is 7.04. The van der Waals surface area contributed by atoms with E-state index in [-0.39, 0.29) is 15.9 Å².